The summed E-state index contributed by atoms with van der Waals surface area (Å²) in [7, 11) is 0. The molecular weight excluding hydrogens is 371 g/mol. The Bertz CT molecular complexity index is 978. The van der Waals surface area contributed by atoms with Crippen LogP contribution in [0, 0.1) is 5.82 Å². The van der Waals surface area contributed by atoms with Crippen LogP contribution in [-0.2, 0) is 4.79 Å². The van der Waals surface area contributed by atoms with Gasteiger partial charge in [-0.1, -0.05) is 11.6 Å². The predicted octanol–water partition coefficient (Wildman–Crippen LogP) is 3.24. The van der Waals surface area contributed by atoms with E-state index in [9.17, 15) is 9.18 Å². The lowest BCUT2D eigenvalue weighted by Crippen LogP contribution is -2.42. The molecule has 27 heavy (non-hydrogen) atoms. The summed E-state index contributed by atoms with van der Waals surface area (Å²) in [5, 5.41) is 4.29. The molecule has 3 aromatic rings. The molecule has 9 heteroatoms. The van der Waals surface area contributed by atoms with Crippen LogP contribution in [0.2, 0.25) is 5.02 Å². The van der Waals surface area contributed by atoms with Gasteiger partial charge in [0.2, 0.25) is 6.41 Å². The number of anilines is 1. The first-order valence-electron chi connectivity index (χ1n) is 8.76. The summed E-state index contributed by atoms with van der Waals surface area (Å²) in [5.74, 6) is -0.0610. The van der Waals surface area contributed by atoms with Crippen LogP contribution >= 0.6 is 11.6 Å². The number of pyridine rings is 1. The summed E-state index contributed by atoms with van der Waals surface area (Å²) in [4.78, 5) is 28.6. The smallest absolute Gasteiger partial charge is 0.210 e. The summed E-state index contributed by atoms with van der Waals surface area (Å²) in [6.07, 6.45) is 8.20. The van der Waals surface area contributed by atoms with E-state index in [1.165, 1.54) is 0 Å². The van der Waals surface area contributed by atoms with Crippen molar-refractivity contribution in [2.24, 2.45) is 0 Å². The second-order valence-electron chi connectivity index (χ2n) is 6.52. The number of carbonyl (C=O) groups excluding carboxylic acids is 1. The van der Waals surface area contributed by atoms with Crippen molar-refractivity contribution < 1.29 is 9.18 Å². The summed E-state index contributed by atoms with van der Waals surface area (Å²) < 4.78 is 14.2. The number of halogens is 2. The lowest BCUT2D eigenvalue weighted by molar-refractivity contribution is -0.121. The van der Waals surface area contributed by atoms with Gasteiger partial charge in [-0.15, -0.1) is 0 Å². The molecule has 0 unspecified atom stereocenters. The third kappa shape index (κ3) is 3.57. The maximum Gasteiger partial charge on any atom is 0.210 e. The van der Waals surface area contributed by atoms with E-state index in [4.69, 9.17) is 11.6 Å². The van der Waals surface area contributed by atoms with E-state index in [1.807, 2.05) is 0 Å². The molecule has 4 rings (SSSR count). The molecular formula is C18H18ClFN6O. The third-order valence-electron chi connectivity index (χ3n) is 4.80. The average molecular weight is 389 g/mol. The SMILES string of the molecule is O=CN1CCCC[C@@H]1CNc1nc(-c2c[nH]c3ncc(Cl)cc23)ncc1F. The fraction of sp³-hybridized carbons (Fsp3) is 0.333. The van der Waals surface area contributed by atoms with Crippen molar-refractivity contribution in [2.45, 2.75) is 25.3 Å². The number of piperidine rings is 1. The van der Waals surface area contributed by atoms with Crippen molar-refractivity contribution in [3.05, 3.63) is 35.5 Å². The molecule has 1 fully saturated rings. The Balaban J connectivity index is 1.59. The zero-order valence-corrected chi connectivity index (χ0v) is 15.2. The van der Waals surface area contributed by atoms with Crippen LogP contribution < -0.4 is 5.32 Å². The maximum atomic E-state index is 14.2. The van der Waals surface area contributed by atoms with Crippen molar-refractivity contribution in [1.82, 2.24) is 24.8 Å². The van der Waals surface area contributed by atoms with Gasteiger partial charge in [0.15, 0.2) is 17.5 Å². The number of hydrogen-bond donors (Lipinski definition) is 2. The van der Waals surface area contributed by atoms with Gasteiger partial charge in [0, 0.05) is 42.5 Å². The monoisotopic (exact) mass is 388 g/mol. The lowest BCUT2D eigenvalue weighted by Gasteiger charge is -2.32. The molecule has 1 amide bonds. The van der Waals surface area contributed by atoms with Crippen molar-refractivity contribution in [1.29, 1.82) is 0 Å². The first kappa shape index (κ1) is 17.7. The lowest BCUT2D eigenvalue weighted by atomic mass is 10.0. The number of amides is 1. The van der Waals surface area contributed by atoms with Crippen LogP contribution in [0.5, 0.6) is 0 Å². The van der Waals surface area contributed by atoms with Gasteiger partial charge in [-0.3, -0.25) is 4.79 Å². The molecule has 1 saturated heterocycles. The van der Waals surface area contributed by atoms with Crippen LogP contribution in [0.25, 0.3) is 22.4 Å². The number of aromatic amines is 1. The van der Waals surface area contributed by atoms with Gasteiger partial charge in [-0.2, -0.15) is 0 Å². The number of aromatic nitrogens is 4. The van der Waals surface area contributed by atoms with Crippen molar-refractivity contribution in [3.63, 3.8) is 0 Å². The summed E-state index contributed by atoms with van der Waals surface area (Å²) in [5.41, 5.74) is 1.34. The average Bonchev–Trinajstić information content (AvgIpc) is 3.10. The molecule has 0 saturated carbocycles. The van der Waals surface area contributed by atoms with Crippen LogP contribution in [-0.4, -0.2) is 50.4 Å². The van der Waals surface area contributed by atoms with Gasteiger partial charge in [-0.25, -0.2) is 19.3 Å². The number of nitrogens with one attached hydrogen (secondary N) is 2. The zero-order chi connectivity index (χ0) is 18.8. The van der Waals surface area contributed by atoms with Gasteiger partial charge in [0.05, 0.1) is 11.2 Å². The Labute approximate surface area is 160 Å². The molecule has 140 valence electrons. The molecule has 1 atom stereocenters. The molecule has 0 spiro atoms. The highest BCUT2D eigenvalue weighted by molar-refractivity contribution is 6.31. The van der Waals surface area contributed by atoms with Crippen molar-refractivity contribution >= 4 is 34.9 Å². The van der Waals surface area contributed by atoms with Gasteiger partial charge in [0.25, 0.3) is 0 Å². The molecule has 7 nitrogen and oxygen atoms in total. The number of H-pyrrole nitrogens is 1. The second-order valence-corrected chi connectivity index (χ2v) is 6.95. The van der Waals surface area contributed by atoms with E-state index in [0.717, 1.165) is 43.8 Å². The summed E-state index contributed by atoms with van der Waals surface area (Å²) in [6.45, 7) is 1.17. The molecule has 0 aliphatic carbocycles. The molecule has 0 aromatic carbocycles. The highest BCUT2D eigenvalue weighted by atomic mass is 35.5. The van der Waals surface area contributed by atoms with Crippen LogP contribution in [0.15, 0.2) is 24.7 Å². The van der Waals surface area contributed by atoms with E-state index >= 15 is 0 Å². The normalized spacial score (nSPS) is 17.3. The fourth-order valence-electron chi connectivity index (χ4n) is 3.38. The molecule has 1 aliphatic rings. The van der Waals surface area contributed by atoms with Gasteiger partial charge >= 0.3 is 0 Å². The molecule has 0 bridgehead atoms. The minimum absolute atomic E-state index is 0.0326. The number of carbonyl (C=O) groups is 1. The Morgan fingerprint density at radius 1 is 1.37 bits per heavy atom. The largest absolute Gasteiger partial charge is 0.365 e. The van der Waals surface area contributed by atoms with E-state index in [1.54, 1.807) is 23.4 Å². The predicted molar refractivity (Wildman–Crippen MR) is 101 cm³/mol. The van der Waals surface area contributed by atoms with Crippen LogP contribution in [0.3, 0.4) is 0 Å². The van der Waals surface area contributed by atoms with Crippen molar-refractivity contribution in [2.75, 3.05) is 18.4 Å². The first-order chi connectivity index (χ1) is 13.2. The topological polar surface area (TPSA) is 86.8 Å². The molecule has 0 radical (unpaired) electrons. The van der Waals surface area contributed by atoms with E-state index in [0.29, 0.717) is 28.6 Å². The minimum atomic E-state index is -0.539. The first-order valence-corrected chi connectivity index (χ1v) is 9.14. The summed E-state index contributed by atoms with van der Waals surface area (Å²) in [6, 6.07) is 1.80. The second kappa shape index (κ2) is 7.48. The summed E-state index contributed by atoms with van der Waals surface area (Å²) >= 11 is 6.03. The van der Waals surface area contributed by atoms with Crippen molar-refractivity contribution in [3.8, 4) is 11.4 Å². The van der Waals surface area contributed by atoms with Gasteiger partial charge in [-0.05, 0) is 25.3 Å². The zero-order valence-electron chi connectivity index (χ0n) is 14.5. The van der Waals surface area contributed by atoms with Gasteiger partial charge < -0.3 is 15.2 Å². The fourth-order valence-corrected chi connectivity index (χ4v) is 3.54. The van der Waals surface area contributed by atoms with Crippen LogP contribution in [0.1, 0.15) is 19.3 Å². The number of rotatable bonds is 5. The standard InChI is InChI=1S/C18H18ClFN6O/c19-11-5-13-14(8-23-16(13)21-6-11)17-24-9-15(20)18(25-17)22-7-12-3-1-2-4-26(12)10-27/h5-6,8-10,12H,1-4,7H2,(H,21,23)(H,22,24,25)/t12-/m1/s1. The Hall–Kier alpha value is -2.74. The van der Waals surface area contributed by atoms with E-state index < -0.39 is 5.82 Å². The molecule has 1 aliphatic heterocycles. The Kier molecular flexibility index (Phi) is 4.89. The number of likely N-dealkylation sites (tertiary alicyclic amines) is 1. The number of hydrogen-bond acceptors (Lipinski definition) is 5. The molecule has 2 N–H and O–H groups in total. The van der Waals surface area contributed by atoms with Gasteiger partial charge in [0.1, 0.15) is 5.65 Å². The van der Waals surface area contributed by atoms with E-state index in [2.05, 4.69) is 25.3 Å². The number of nitrogens with zero attached hydrogens (tertiary/aromatic N) is 4. The third-order valence-corrected chi connectivity index (χ3v) is 5.00. The number of fused-ring (bicyclic) bond motifs is 1. The van der Waals surface area contributed by atoms with E-state index in [-0.39, 0.29) is 11.9 Å². The van der Waals surface area contributed by atoms with Crippen LogP contribution in [0.4, 0.5) is 10.2 Å². The molecule has 4 heterocycles. The minimum Gasteiger partial charge on any atom is -0.365 e. The molecule has 3 aromatic heterocycles. The highest BCUT2D eigenvalue weighted by Gasteiger charge is 2.21. The maximum absolute atomic E-state index is 14.2. The quantitative estimate of drug-likeness (QED) is 0.655. The Morgan fingerprint density at radius 3 is 3.11 bits per heavy atom. The Morgan fingerprint density at radius 2 is 2.26 bits per heavy atom. The highest BCUT2D eigenvalue weighted by Crippen LogP contribution is 2.28.